The summed E-state index contributed by atoms with van der Waals surface area (Å²) in [5.74, 6) is 0.967. The topological polar surface area (TPSA) is 28.2 Å². The molecule has 1 N–H and O–H groups in total. The molecule has 1 heterocycles. The van der Waals surface area contributed by atoms with Gasteiger partial charge in [-0.1, -0.05) is 31.5 Å². The van der Waals surface area contributed by atoms with Gasteiger partial charge in [0.25, 0.3) is 0 Å². The summed E-state index contributed by atoms with van der Waals surface area (Å²) in [7, 11) is 2.05. The Hall–Kier alpha value is -1.06. The molecular formula is C15H24ClN3. The Morgan fingerprint density at radius 3 is 2.84 bits per heavy atom. The molecule has 3 nitrogen and oxygen atoms in total. The second-order valence-corrected chi connectivity index (χ2v) is 5.39. The number of anilines is 1. The third kappa shape index (κ3) is 5.62. The fourth-order valence-corrected chi connectivity index (χ4v) is 1.87. The Bertz CT molecular complexity index is 404. The number of halogens is 1. The van der Waals surface area contributed by atoms with E-state index in [9.17, 15) is 0 Å². The average Bonchev–Trinajstić information content (AvgIpc) is 2.37. The number of rotatable bonds is 8. The van der Waals surface area contributed by atoms with Crippen LogP contribution < -0.4 is 10.2 Å². The van der Waals surface area contributed by atoms with Crippen LogP contribution in [0.2, 0.25) is 5.02 Å². The summed E-state index contributed by atoms with van der Waals surface area (Å²) < 4.78 is 0. The van der Waals surface area contributed by atoms with E-state index in [2.05, 4.69) is 42.7 Å². The highest BCUT2D eigenvalue weighted by molar-refractivity contribution is 6.31. The van der Waals surface area contributed by atoms with E-state index < -0.39 is 0 Å². The van der Waals surface area contributed by atoms with Gasteiger partial charge in [-0.2, -0.15) is 0 Å². The van der Waals surface area contributed by atoms with Crippen molar-refractivity contribution in [2.24, 2.45) is 0 Å². The molecule has 0 unspecified atom stereocenters. The molecule has 0 atom stereocenters. The van der Waals surface area contributed by atoms with E-state index >= 15 is 0 Å². The predicted octanol–water partition coefficient (Wildman–Crippen LogP) is 3.64. The molecule has 19 heavy (non-hydrogen) atoms. The quantitative estimate of drug-likeness (QED) is 0.582. The molecule has 0 spiro atoms. The lowest BCUT2D eigenvalue weighted by molar-refractivity contribution is 0.581. The number of pyridine rings is 1. The number of nitrogens with zero attached hydrogens (tertiary/aromatic N) is 2. The van der Waals surface area contributed by atoms with E-state index in [4.69, 9.17) is 11.6 Å². The maximum absolute atomic E-state index is 6.18. The first-order valence-corrected chi connectivity index (χ1v) is 7.13. The van der Waals surface area contributed by atoms with Crippen molar-refractivity contribution in [1.29, 1.82) is 0 Å². The van der Waals surface area contributed by atoms with Crippen LogP contribution >= 0.6 is 11.6 Å². The standard InChI is InChI=1S/C15H24ClN3/c1-5-6-7-10-19(4)15-9-8-13(16)14(18-15)11-17-12(2)3/h5,8-9,12,17H,1,6-7,10-11H2,2-4H3. The minimum absolute atomic E-state index is 0.423. The van der Waals surface area contributed by atoms with Crippen molar-refractivity contribution in [3.63, 3.8) is 0 Å². The first kappa shape index (κ1) is 16.0. The zero-order valence-electron chi connectivity index (χ0n) is 12.1. The van der Waals surface area contributed by atoms with Gasteiger partial charge >= 0.3 is 0 Å². The van der Waals surface area contributed by atoms with E-state index in [0.29, 0.717) is 12.6 Å². The number of hydrogen-bond acceptors (Lipinski definition) is 3. The van der Waals surface area contributed by atoms with Gasteiger partial charge in [-0.3, -0.25) is 0 Å². The van der Waals surface area contributed by atoms with Crippen LogP contribution in [0.5, 0.6) is 0 Å². The van der Waals surface area contributed by atoms with E-state index in [0.717, 1.165) is 35.9 Å². The molecule has 106 valence electrons. The average molecular weight is 282 g/mol. The molecule has 1 aromatic rings. The summed E-state index contributed by atoms with van der Waals surface area (Å²) in [6.07, 6.45) is 4.06. The van der Waals surface area contributed by atoms with Crippen molar-refractivity contribution in [2.75, 3.05) is 18.5 Å². The number of aromatic nitrogens is 1. The summed E-state index contributed by atoms with van der Waals surface area (Å²) >= 11 is 6.18. The van der Waals surface area contributed by atoms with Crippen LogP contribution in [-0.2, 0) is 6.54 Å². The molecule has 0 amide bonds. The van der Waals surface area contributed by atoms with Gasteiger partial charge in [-0.05, 0) is 25.0 Å². The summed E-state index contributed by atoms with van der Waals surface area (Å²) in [5.41, 5.74) is 0.906. The van der Waals surface area contributed by atoms with Gasteiger partial charge in [0, 0.05) is 26.2 Å². The molecule has 0 aliphatic carbocycles. The first-order chi connectivity index (χ1) is 9.04. The highest BCUT2D eigenvalue weighted by Gasteiger charge is 2.07. The first-order valence-electron chi connectivity index (χ1n) is 6.75. The van der Waals surface area contributed by atoms with Crippen molar-refractivity contribution in [3.8, 4) is 0 Å². The molecular weight excluding hydrogens is 258 g/mol. The molecule has 0 aromatic carbocycles. The fraction of sp³-hybridized carbons (Fsp3) is 0.533. The molecule has 1 rings (SSSR count). The van der Waals surface area contributed by atoms with Crippen molar-refractivity contribution >= 4 is 17.4 Å². The van der Waals surface area contributed by atoms with Crippen LogP contribution in [0.15, 0.2) is 24.8 Å². The van der Waals surface area contributed by atoms with E-state index in [-0.39, 0.29) is 0 Å². The lowest BCUT2D eigenvalue weighted by atomic mass is 10.2. The molecule has 0 bridgehead atoms. The monoisotopic (exact) mass is 281 g/mol. The molecule has 1 aromatic heterocycles. The molecule has 4 heteroatoms. The summed E-state index contributed by atoms with van der Waals surface area (Å²) in [5, 5.41) is 4.06. The summed E-state index contributed by atoms with van der Waals surface area (Å²) in [6, 6.07) is 4.31. The molecule has 0 saturated heterocycles. The zero-order valence-corrected chi connectivity index (χ0v) is 12.9. The Morgan fingerprint density at radius 1 is 1.47 bits per heavy atom. The molecule has 0 saturated carbocycles. The Kier molecular flexibility index (Phi) is 6.89. The second-order valence-electron chi connectivity index (χ2n) is 4.99. The van der Waals surface area contributed by atoms with Gasteiger partial charge in [0.1, 0.15) is 5.82 Å². The number of unbranched alkanes of at least 4 members (excludes halogenated alkanes) is 1. The highest BCUT2D eigenvalue weighted by atomic mass is 35.5. The van der Waals surface area contributed by atoms with Gasteiger partial charge in [-0.15, -0.1) is 6.58 Å². The van der Waals surface area contributed by atoms with E-state index in [1.165, 1.54) is 0 Å². The van der Waals surface area contributed by atoms with Crippen molar-refractivity contribution < 1.29 is 0 Å². The third-order valence-corrected chi connectivity index (χ3v) is 3.22. The Morgan fingerprint density at radius 2 is 2.21 bits per heavy atom. The minimum Gasteiger partial charge on any atom is -0.360 e. The normalized spacial score (nSPS) is 10.8. The zero-order chi connectivity index (χ0) is 14.3. The SMILES string of the molecule is C=CCCCN(C)c1ccc(Cl)c(CNC(C)C)n1. The van der Waals surface area contributed by atoms with E-state index in [1.807, 2.05) is 18.2 Å². The number of hydrogen-bond donors (Lipinski definition) is 1. The summed E-state index contributed by atoms with van der Waals surface area (Å²) in [6.45, 7) is 9.63. The van der Waals surface area contributed by atoms with Crippen LogP contribution in [0.1, 0.15) is 32.4 Å². The lowest BCUT2D eigenvalue weighted by Gasteiger charge is -2.19. The van der Waals surface area contributed by atoms with Crippen molar-refractivity contribution in [1.82, 2.24) is 10.3 Å². The lowest BCUT2D eigenvalue weighted by Crippen LogP contribution is -2.24. The molecule has 0 aliphatic heterocycles. The Balaban J connectivity index is 2.68. The smallest absolute Gasteiger partial charge is 0.128 e. The van der Waals surface area contributed by atoms with Crippen molar-refractivity contribution in [2.45, 2.75) is 39.3 Å². The van der Waals surface area contributed by atoms with Gasteiger partial charge in [0.05, 0.1) is 10.7 Å². The van der Waals surface area contributed by atoms with Gasteiger partial charge in [0.15, 0.2) is 0 Å². The fourth-order valence-electron chi connectivity index (χ4n) is 1.70. The predicted molar refractivity (Wildman–Crippen MR) is 83.9 cm³/mol. The number of nitrogens with one attached hydrogen (secondary N) is 1. The van der Waals surface area contributed by atoms with Crippen LogP contribution in [0, 0.1) is 0 Å². The largest absolute Gasteiger partial charge is 0.360 e. The third-order valence-electron chi connectivity index (χ3n) is 2.87. The van der Waals surface area contributed by atoms with Gasteiger partial charge in [0.2, 0.25) is 0 Å². The summed E-state index contributed by atoms with van der Waals surface area (Å²) in [4.78, 5) is 6.78. The highest BCUT2D eigenvalue weighted by Crippen LogP contribution is 2.19. The van der Waals surface area contributed by atoms with Crippen LogP contribution in [0.4, 0.5) is 5.82 Å². The second kappa shape index (κ2) is 8.18. The number of allylic oxidation sites excluding steroid dienone is 1. The molecule has 0 radical (unpaired) electrons. The molecule has 0 fully saturated rings. The van der Waals surface area contributed by atoms with Crippen LogP contribution in [0.3, 0.4) is 0 Å². The van der Waals surface area contributed by atoms with Gasteiger partial charge < -0.3 is 10.2 Å². The van der Waals surface area contributed by atoms with Gasteiger partial charge in [-0.25, -0.2) is 4.98 Å². The Labute approximate surface area is 121 Å². The van der Waals surface area contributed by atoms with Crippen LogP contribution in [-0.4, -0.2) is 24.6 Å². The molecule has 0 aliphatic rings. The maximum atomic E-state index is 6.18. The minimum atomic E-state index is 0.423. The maximum Gasteiger partial charge on any atom is 0.128 e. The van der Waals surface area contributed by atoms with Crippen LogP contribution in [0.25, 0.3) is 0 Å². The van der Waals surface area contributed by atoms with Crippen molar-refractivity contribution in [3.05, 3.63) is 35.5 Å². The van der Waals surface area contributed by atoms with E-state index in [1.54, 1.807) is 0 Å².